The predicted molar refractivity (Wildman–Crippen MR) is 128 cm³/mol. The number of aromatic nitrogens is 2. The number of aryl methyl sites for hydroxylation is 1. The number of hydrogen-bond acceptors (Lipinski definition) is 4. The second kappa shape index (κ2) is 11.0. The lowest BCUT2D eigenvalue weighted by molar-refractivity contribution is -0.133. The molecular weight excluding hydrogens is 426 g/mol. The summed E-state index contributed by atoms with van der Waals surface area (Å²) < 4.78 is 2.06. The summed E-state index contributed by atoms with van der Waals surface area (Å²) in [6.07, 6.45) is 1.21. The van der Waals surface area contributed by atoms with Gasteiger partial charge < -0.3 is 10.2 Å². The Labute approximate surface area is 195 Å². The average Bonchev–Trinajstić information content (AvgIpc) is 3.00. The monoisotopic (exact) mass is 459 g/mol. The lowest BCUT2D eigenvalue weighted by atomic mass is 10.1. The minimum absolute atomic E-state index is 0.0952. The van der Waals surface area contributed by atoms with E-state index in [0.717, 1.165) is 18.7 Å². The summed E-state index contributed by atoms with van der Waals surface area (Å²) >= 11 is 6.10. The van der Waals surface area contributed by atoms with Crippen molar-refractivity contribution in [1.82, 2.24) is 19.6 Å². The van der Waals surface area contributed by atoms with E-state index in [4.69, 9.17) is 11.6 Å². The molecule has 0 saturated carbocycles. The Morgan fingerprint density at radius 2 is 1.81 bits per heavy atom. The molecule has 0 unspecified atom stereocenters. The van der Waals surface area contributed by atoms with Gasteiger partial charge in [0.05, 0.1) is 22.9 Å². The minimum Gasteiger partial charge on any atom is -0.340 e. The number of hydrogen-bond donors (Lipinski definition) is 1. The fraction of sp³-hybridized carbons (Fsp3) is 0.542. The van der Waals surface area contributed by atoms with Crippen molar-refractivity contribution < 1.29 is 9.59 Å². The first-order valence-corrected chi connectivity index (χ1v) is 11.7. The molecule has 1 aromatic heterocycles. The molecule has 0 bridgehead atoms. The number of anilines is 1. The number of rotatable bonds is 8. The fourth-order valence-electron chi connectivity index (χ4n) is 4.12. The van der Waals surface area contributed by atoms with E-state index in [2.05, 4.69) is 40.8 Å². The highest BCUT2D eigenvalue weighted by atomic mass is 35.5. The van der Waals surface area contributed by atoms with Crippen molar-refractivity contribution in [2.75, 3.05) is 38.0 Å². The lowest BCUT2D eigenvalue weighted by Gasteiger charge is -2.34. The zero-order chi connectivity index (χ0) is 23.3. The number of para-hydroxylation sites is 1. The van der Waals surface area contributed by atoms with Gasteiger partial charge in [0.2, 0.25) is 11.8 Å². The second-order valence-corrected chi connectivity index (χ2v) is 9.32. The van der Waals surface area contributed by atoms with Gasteiger partial charge in [-0.2, -0.15) is 5.10 Å². The summed E-state index contributed by atoms with van der Waals surface area (Å²) in [5.74, 6) is 0.605. The van der Waals surface area contributed by atoms with Crippen molar-refractivity contribution in [3.8, 4) is 0 Å². The molecular formula is C24H34ClN5O2. The number of carbonyl (C=O) groups is 2. The van der Waals surface area contributed by atoms with Crippen LogP contribution in [0.15, 0.2) is 24.3 Å². The van der Waals surface area contributed by atoms with Crippen molar-refractivity contribution in [3.05, 3.63) is 46.2 Å². The summed E-state index contributed by atoms with van der Waals surface area (Å²) in [5.41, 5.74) is 3.99. The Hall–Kier alpha value is -2.38. The van der Waals surface area contributed by atoms with Crippen LogP contribution in [0.5, 0.6) is 0 Å². The van der Waals surface area contributed by atoms with Crippen molar-refractivity contribution >= 4 is 29.1 Å². The molecule has 1 saturated heterocycles. The van der Waals surface area contributed by atoms with E-state index in [-0.39, 0.29) is 11.8 Å². The van der Waals surface area contributed by atoms with E-state index in [9.17, 15) is 9.59 Å². The van der Waals surface area contributed by atoms with Gasteiger partial charge in [0.1, 0.15) is 0 Å². The highest BCUT2D eigenvalue weighted by molar-refractivity contribution is 6.33. The summed E-state index contributed by atoms with van der Waals surface area (Å²) in [6, 6.07) is 7.20. The molecule has 174 valence electrons. The highest BCUT2D eigenvalue weighted by Gasteiger charge is 2.23. The number of amides is 2. The maximum atomic E-state index is 12.8. The number of nitrogens with zero attached hydrogens (tertiary/aromatic N) is 4. The lowest BCUT2D eigenvalue weighted by Crippen LogP contribution is -2.50. The molecule has 0 atom stereocenters. The van der Waals surface area contributed by atoms with Gasteiger partial charge in [-0.1, -0.05) is 37.6 Å². The van der Waals surface area contributed by atoms with Crippen LogP contribution in [0.2, 0.25) is 5.02 Å². The smallest absolute Gasteiger partial charge is 0.238 e. The zero-order valence-corrected chi connectivity index (χ0v) is 20.3. The van der Waals surface area contributed by atoms with Crippen LogP contribution in [-0.2, 0) is 22.6 Å². The Kier molecular flexibility index (Phi) is 8.32. The van der Waals surface area contributed by atoms with Crippen LogP contribution in [0.3, 0.4) is 0 Å². The van der Waals surface area contributed by atoms with E-state index < -0.39 is 0 Å². The molecule has 1 aliphatic rings. The third kappa shape index (κ3) is 6.33. The van der Waals surface area contributed by atoms with Gasteiger partial charge in [0.15, 0.2) is 0 Å². The van der Waals surface area contributed by atoms with Crippen LogP contribution in [0.1, 0.15) is 37.2 Å². The normalized spacial score (nSPS) is 14.8. The van der Waals surface area contributed by atoms with E-state index in [1.807, 2.05) is 24.0 Å². The van der Waals surface area contributed by atoms with E-state index in [1.165, 1.54) is 11.3 Å². The third-order valence-electron chi connectivity index (χ3n) is 5.90. The van der Waals surface area contributed by atoms with Crippen LogP contribution in [0, 0.1) is 19.8 Å². The largest absolute Gasteiger partial charge is 0.340 e. The topological polar surface area (TPSA) is 70.5 Å². The Bertz CT molecular complexity index is 948. The molecule has 3 rings (SSSR count). The maximum absolute atomic E-state index is 12.8. The molecule has 1 aliphatic heterocycles. The number of nitrogens with one attached hydrogen (secondary N) is 1. The van der Waals surface area contributed by atoms with Crippen molar-refractivity contribution in [2.24, 2.45) is 5.92 Å². The predicted octanol–water partition coefficient (Wildman–Crippen LogP) is 3.52. The molecule has 1 aromatic carbocycles. The average molecular weight is 460 g/mol. The first-order valence-electron chi connectivity index (χ1n) is 11.3. The third-order valence-corrected chi connectivity index (χ3v) is 6.23. The van der Waals surface area contributed by atoms with Gasteiger partial charge in [-0.05, 0) is 43.9 Å². The van der Waals surface area contributed by atoms with Crippen LogP contribution < -0.4 is 5.32 Å². The van der Waals surface area contributed by atoms with Gasteiger partial charge >= 0.3 is 0 Å². The van der Waals surface area contributed by atoms with Crippen molar-refractivity contribution in [3.63, 3.8) is 0 Å². The summed E-state index contributed by atoms with van der Waals surface area (Å²) in [7, 11) is 0. The summed E-state index contributed by atoms with van der Waals surface area (Å²) in [4.78, 5) is 29.1. The molecule has 7 nitrogen and oxygen atoms in total. The molecule has 0 aliphatic carbocycles. The quantitative estimate of drug-likeness (QED) is 0.655. The molecule has 8 heteroatoms. The number of piperazine rings is 1. The molecule has 1 N–H and O–H groups in total. The van der Waals surface area contributed by atoms with Crippen molar-refractivity contribution in [1.29, 1.82) is 0 Å². The highest BCUT2D eigenvalue weighted by Crippen LogP contribution is 2.20. The first kappa shape index (κ1) is 24.3. The van der Waals surface area contributed by atoms with Crippen LogP contribution in [-0.4, -0.2) is 64.1 Å². The first-order chi connectivity index (χ1) is 15.2. The number of benzene rings is 1. The molecule has 32 heavy (non-hydrogen) atoms. The van der Waals surface area contributed by atoms with E-state index in [1.54, 1.807) is 12.1 Å². The second-order valence-electron chi connectivity index (χ2n) is 8.91. The molecule has 2 amide bonds. The molecule has 0 spiro atoms. The van der Waals surface area contributed by atoms with Gasteiger partial charge in [0.25, 0.3) is 0 Å². The van der Waals surface area contributed by atoms with E-state index in [0.29, 0.717) is 55.8 Å². The van der Waals surface area contributed by atoms with Gasteiger partial charge in [-0.15, -0.1) is 0 Å². The van der Waals surface area contributed by atoms with Crippen molar-refractivity contribution in [2.45, 2.75) is 47.1 Å². The Morgan fingerprint density at radius 1 is 1.12 bits per heavy atom. The van der Waals surface area contributed by atoms with Crippen LogP contribution in [0.4, 0.5) is 5.69 Å². The summed E-state index contributed by atoms with van der Waals surface area (Å²) in [6.45, 7) is 12.3. The van der Waals surface area contributed by atoms with Crippen LogP contribution in [0.25, 0.3) is 0 Å². The maximum Gasteiger partial charge on any atom is 0.238 e. The number of carbonyl (C=O) groups excluding carboxylic acids is 2. The van der Waals surface area contributed by atoms with Gasteiger partial charge in [0, 0.05) is 44.8 Å². The molecule has 0 radical (unpaired) electrons. The fourth-order valence-corrected chi connectivity index (χ4v) is 4.30. The standard InChI is InChI=1S/C24H34ClN5O2/c1-17(2)15-30-19(4)20(18(3)27-30)9-10-24(32)29-13-11-28(12-14-29)16-23(31)26-22-8-6-5-7-21(22)25/h5-8,17H,9-16H2,1-4H3,(H,26,31). The molecule has 2 aromatic rings. The molecule has 2 heterocycles. The zero-order valence-electron chi connectivity index (χ0n) is 19.5. The summed E-state index contributed by atoms with van der Waals surface area (Å²) in [5, 5.41) is 8.03. The van der Waals surface area contributed by atoms with Gasteiger partial charge in [-0.3, -0.25) is 19.2 Å². The Morgan fingerprint density at radius 3 is 2.47 bits per heavy atom. The Balaban J connectivity index is 1.44. The SMILES string of the molecule is Cc1nn(CC(C)C)c(C)c1CCC(=O)N1CCN(CC(=O)Nc2ccccc2Cl)CC1. The minimum atomic E-state index is -0.0952. The molecule has 1 fully saturated rings. The van der Waals surface area contributed by atoms with Crippen LogP contribution >= 0.6 is 11.6 Å². The van der Waals surface area contributed by atoms with E-state index >= 15 is 0 Å². The van der Waals surface area contributed by atoms with Gasteiger partial charge in [-0.25, -0.2) is 0 Å². The number of halogens is 1.